The number of urea groups is 1. The molecule has 4 N–H and O–H groups in total. The van der Waals surface area contributed by atoms with Crippen LogP contribution in [-0.2, 0) is 11.2 Å². The zero-order valence-electron chi connectivity index (χ0n) is 21.5. The zero-order chi connectivity index (χ0) is 24.7. The van der Waals surface area contributed by atoms with Crippen molar-refractivity contribution in [3.05, 3.63) is 29.8 Å². The molecule has 194 valence electrons. The summed E-state index contributed by atoms with van der Waals surface area (Å²) in [6, 6.07) is 7.15. The number of hydrogen-bond acceptors (Lipinski definition) is 3. The number of aryl methyl sites for hydroxylation is 1. The van der Waals surface area contributed by atoms with Crippen molar-refractivity contribution >= 4 is 11.9 Å². The number of carbonyl (C=O) groups excluding carboxylic acids is 2. The molecule has 0 aliphatic heterocycles. The number of phenolic OH excluding ortho intramolecular Hbond substituents is 1. The highest BCUT2D eigenvalue weighted by Gasteiger charge is 2.04. The highest BCUT2D eigenvalue weighted by Crippen LogP contribution is 2.14. The standard InChI is InChI=1S/C28H49N3O3/c1-2-3-4-5-6-11-14-17-24-29-28(34)31-30-27(33)19-16-13-10-8-7-9-12-15-18-25-20-22-26(32)23-21-25/h20-23,32H,2-19,24H2,1H3,(H,30,33)(H2,29,31,34). The molecular weight excluding hydrogens is 426 g/mol. The molecule has 1 aromatic rings. The highest BCUT2D eigenvalue weighted by atomic mass is 16.3. The zero-order valence-corrected chi connectivity index (χ0v) is 21.5. The van der Waals surface area contributed by atoms with Crippen LogP contribution in [0.4, 0.5) is 4.79 Å². The molecule has 0 radical (unpaired) electrons. The van der Waals surface area contributed by atoms with Gasteiger partial charge in [0.1, 0.15) is 5.75 Å². The number of nitrogens with one attached hydrogen (secondary N) is 3. The molecule has 0 aromatic heterocycles. The van der Waals surface area contributed by atoms with Gasteiger partial charge in [-0.2, -0.15) is 0 Å². The lowest BCUT2D eigenvalue weighted by atomic mass is 10.0. The quantitative estimate of drug-likeness (QED) is 0.122. The summed E-state index contributed by atoms with van der Waals surface area (Å²) in [7, 11) is 0. The van der Waals surface area contributed by atoms with Gasteiger partial charge in [-0.3, -0.25) is 10.2 Å². The van der Waals surface area contributed by atoms with Crippen molar-refractivity contribution in [3.63, 3.8) is 0 Å². The van der Waals surface area contributed by atoms with E-state index in [1.54, 1.807) is 12.1 Å². The van der Waals surface area contributed by atoms with Crippen molar-refractivity contribution in [1.82, 2.24) is 16.2 Å². The van der Waals surface area contributed by atoms with Crippen LogP contribution in [0.15, 0.2) is 24.3 Å². The van der Waals surface area contributed by atoms with Crippen LogP contribution in [0.25, 0.3) is 0 Å². The van der Waals surface area contributed by atoms with Crippen LogP contribution in [0, 0.1) is 0 Å². The molecule has 0 atom stereocenters. The van der Waals surface area contributed by atoms with Crippen molar-refractivity contribution in [1.29, 1.82) is 0 Å². The van der Waals surface area contributed by atoms with E-state index in [0.29, 0.717) is 18.7 Å². The monoisotopic (exact) mass is 475 g/mol. The molecule has 0 fully saturated rings. The average Bonchev–Trinajstić information content (AvgIpc) is 2.84. The fraction of sp³-hybridized carbons (Fsp3) is 0.714. The number of aromatic hydroxyl groups is 1. The Morgan fingerprint density at radius 3 is 1.82 bits per heavy atom. The van der Waals surface area contributed by atoms with Crippen molar-refractivity contribution in [2.75, 3.05) is 6.54 Å². The number of amides is 3. The van der Waals surface area contributed by atoms with Crippen molar-refractivity contribution < 1.29 is 14.7 Å². The van der Waals surface area contributed by atoms with E-state index >= 15 is 0 Å². The van der Waals surface area contributed by atoms with E-state index in [1.165, 1.54) is 76.2 Å². The van der Waals surface area contributed by atoms with Gasteiger partial charge in [0.25, 0.3) is 0 Å². The molecule has 0 spiro atoms. The summed E-state index contributed by atoms with van der Waals surface area (Å²) in [6.07, 6.45) is 20.6. The van der Waals surface area contributed by atoms with Gasteiger partial charge < -0.3 is 10.4 Å². The maximum atomic E-state index is 11.8. The first-order valence-electron chi connectivity index (χ1n) is 13.7. The van der Waals surface area contributed by atoms with E-state index in [2.05, 4.69) is 23.1 Å². The van der Waals surface area contributed by atoms with Crippen molar-refractivity contribution in [2.45, 2.75) is 122 Å². The van der Waals surface area contributed by atoms with Gasteiger partial charge in [-0.25, -0.2) is 10.2 Å². The first-order chi connectivity index (χ1) is 16.6. The largest absolute Gasteiger partial charge is 0.508 e. The molecule has 0 heterocycles. The Bertz CT molecular complexity index is 634. The maximum absolute atomic E-state index is 11.8. The van der Waals surface area contributed by atoms with E-state index in [9.17, 15) is 14.7 Å². The highest BCUT2D eigenvalue weighted by molar-refractivity contribution is 5.80. The van der Waals surface area contributed by atoms with E-state index < -0.39 is 0 Å². The number of carbonyl (C=O) groups is 2. The van der Waals surface area contributed by atoms with Crippen LogP contribution in [0.2, 0.25) is 0 Å². The molecule has 0 saturated carbocycles. The molecule has 1 aromatic carbocycles. The summed E-state index contributed by atoms with van der Waals surface area (Å²) in [6.45, 7) is 2.88. The number of hydrogen-bond donors (Lipinski definition) is 4. The summed E-state index contributed by atoms with van der Waals surface area (Å²) in [5.74, 6) is 0.198. The number of unbranched alkanes of at least 4 members (excludes halogenated alkanes) is 14. The molecule has 0 aliphatic rings. The summed E-state index contributed by atoms with van der Waals surface area (Å²) in [5.41, 5.74) is 6.21. The molecule has 34 heavy (non-hydrogen) atoms. The predicted molar refractivity (Wildman–Crippen MR) is 141 cm³/mol. The Morgan fingerprint density at radius 2 is 1.21 bits per heavy atom. The predicted octanol–water partition coefficient (Wildman–Crippen LogP) is 6.92. The number of benzene rings is 1. The minimum atomic E-state index is -0.332. The lowest BCUT2D eigenvalue weighted by Crippen LogP contribution is -2.47. The van der Waals surface area contributed by atoms with E-state index in [0.717, 1.165) is 38.5 Å². The second-order valence-corrected chi connectivity index (χ2v) is 9.40. The summed E-state index contributed by atoms with van der Waals surface area (Å²) in [4.78, 5) is 23.6. The van der Waals surface area contributed by atoms with Gasteiger partial charge in [-0.15, -0.1) is 0 Å². The van der Waals surface area contributed by atoms with Gasteiger partial charge >= 0.3 is 6.03 Å². The lowest BCUT2D eigenvalue weighted by molar-refractivity contribution is -0.121. The third-order valence-electron chi connectivity index (χ3n) is 6.19. The normalized spacial score (nSPS) is 10.7. The Hall–Kier alpha value is -2.24. The van der Waals surface area contributed by atoms with Crippen LogP contribution in [0.3, 0.4) is 0 Å². The second kappa shape index (κ2) is 21.3. The Labute approximate surface area is 207 Å². The fourth-order valence-electron chi connectivity index (χ4n) is 4.03. The maximum Gasteiger partial charge on any atom is 0.333 e. The Balaban J connectivity index is 1.82. The van der Waals surface area contributed by atoms with Gasteiger partial charge in [0.2, 0.25) is 5.91 Å². The van der Waals surface area contributed by atoms with Crippen molar-refractivity contribution in [2.24, 2.45) is 0 Å². The molecule has 6 heteroatoms. The van der Waals surface area contributed by atoms with Gasteiger partial charge in [0.05, 0.1) is 0 Å². The van der Waals surface area contributed by atoms with Gasteiger partial charge in [0, 0.05) is 13.0 Å². The third-order valence-corrected chi connectivity index (χ3v) is 6.19. The summed E-state index contributed by atoms with van der Waals surface area (Å²) in [5, 5.41) is 12.1. The molecule has 0 unspecified atom stereocenters. The topological polar surface area (TPSA) is 90.5 Å². The molecule has 1 rings (SSSR count). The van der Waals surface area contributed by atoms with Crippen LogP contribution < -0.4 is 16.2 Å². The van der Waals surface area contributed by atoms with Crippen LogP contribution in [0.5, 0.6) is 5.75 Å². The molecule has 0 bridgehead atoms. The summed E-state index contributed by atoms with van der Waals surface area (Å²) < 4.78 is 0. The third kappa shape index (κ3) is 18.2. The smallest absolute Gasteiger partial charge is 0.333 e. The average molecular weight is 476 g/mol. The first-order valence-corrected chi connectivity index (χ1v) is 13.7. The fourth-order valence-corrected chi connectivity index (χ4v) is 4.03. The lowest BCUT2D eigenvalue weighted by Gasteiger charge is -2.09. The SMILES string of the molecule is CCCCCCCCCCNC(=O)NNC(=O)CCCCCCCCCCc1ccc(O)cc1. The van der Waals surface area contributed by atoms with Crippen molar-refractivity contribution in [3.8, 4) is 5.75 Å². The number of phenols is 1. The molecule has 3 amide bonds. The molecule has 6 nitrogen and oxygen atoms in total. The molecule has 0 aliphatic carbocycles. The van der Waals surface area contributed by atoms with E-state index in [4.69, 9.17) is 0 Å². The van der Waals surface area contributed by atoms with Gasteiger partial charge in [-0.1, -0.05) is 103 Å². The van der Waals surface area contributed by atoms with E-state index in [-0.39, 0.29) is 11.9 Å². The molecular formula is C28H49N3O3. The van der Waals surface area contributed by atoms with Crippen LogP contribution in [0.1, 0.15) is 122 Å². The van der Waals surface area contributed by atoms with Crippen LogP contribution in [-0.4, -0.2) is 23.6 Å². The minimum Gasteiger partial charge on any atom is -0.508 e. The van der Waals surface area contributed by atoms with E-state index in [1.807, 2.05) is 12.1 Å². The minimum absolute atomic E-state index is 0.128. The van der Waals surface area contributed by atoms with Gasteiger partial charge in [-0.05, 0) is 43.4 Å². The second-order valence-electron chi connectivity index (χ2n) is 9.40. The summed E-state index contributed by atoms with van der Waals surface area (Å²) >= 11 is 0. The van der Waals surface area contributed by atoms with Crippen LogP contribution >= 0.6 is 0 Å². The first kappa shape index (κ1) is 29.8. The number of rotatable bonds is 20. The number of hydrazine groups is 1. The Morgan fingerprint density at radius 1 is 0.676 bits per heavy atom. The molecule has 0 saturated heterocycles. The Kier molecular flexibility index (Phi) is 18.7. The van der Waals surface area contributed by atoms with Gasteiger partial charge in [0.15, 0.2) is 0 Å².